The second kappa shape index (κ2) is 7.07. The number of benzene rings is 1. The minimum absolute atomic E-state index is 0.0163. The van der Waals surface area contributed by atoms with E-state index in [2.05, 4.69) is 20.2 Å². The summed E-state index contributed by atoms with van der Waals surface area (Å²) in [5.41, 5.74) is 1.91. The average molecular weight is 411 g/mol. The van der Waals surface area contributed by atoms with Crippen molar-refractivity contribution in [3.05, 3.63) is 63.6 Å². The monoisotopic (exact) mass is 411 g/mol. The number of hydrogen-bond donors (Lipinski definition) is 1. The van der Waals surface area contributed by atoms with Crippen molar-refractivity contribution in [2.45, 2.75) is 32.2 Å². The number of nitrogens with one attached hydrogen (secondary N) is 1. The Hall–Kier alpha value is -3.07. The van der Waals surface area contributed by atoms with E-state index in [9.17, 15) is 9.18 Å². The molecule has 0 saturated carbocycles. The molecular formula is C20H18FN5O2S. The van der Waals surface area contributed by atoms with Crippen LogP contribution in [0.4, 0.5) is 4.39 Å². The highest BCUT2D eigenvalue weighted by atomic mass is 32.1. The number of amides is 1. The second-order valence-corrected chi connectivity index (χ2v) is 8.29. The Morgan fingerprint density at radius 2 is 2.31 bits per heavy atom. The van der Waals surface area contributed by atoms with Gasteiger partial charge in [-0.3, -0.25) is 4.79 Å². The molecule has 1 atom stereocenters. The van der Waals surface area contributed by atoms with Gasteiger partial charge in [0.25, 0.3) is 0 Å². The van der Waals surface area contributed by atoms with Crippen molar-refractivity contribution in [3.8, 4) is 0 Å². The largest absolute Gasteiger partial charge is 0.455 e. The Morgan fingerprint density at radius 1 is 1.41 bits per heavy atom. The molecule has 1 aliphatic heterocycles. The zero-order valence-electron chi connectivity index (χ0n) is 15.7. The van der Waals surface area contributed by atoms with Gasteiger partial charge in [0.1, 0.15) is 21.8 Å². The smallest absolute Gasteiger partial charge is 0.223 e. The normalized spacial score (nSPS) is 16.3. The van der Waals surface area contributed by atoms with Crippen LogP contribution < -0.4 is 0 Å². The molecule has 29 heavy (non-hydrogen) atoms. The maximum atomic E-state index is 14.2. The molecule has 1 aliphatic rings. The predicted octanol–water partition coefficient (Wildman–Crippen LogP) is 3.56. The molecule has 7 nitrogen and oxygen atoms in total. The third kappa shape index (κ3) is 3.21. The average Bonchev–Trinajstić information content (AvgIpc) is 3.44. The highest BCUT2D eigenvalue weighted by Gasteiger charge is 2.36. The van der Waals surface area contributed by atoms with Crippen LogP contribution >= 0.6 is 11.3 Å². The van der Waals surface area contributed by atoms with Gasteiger partial charge in [0.15, 0.2) is 11.4 Å². The van der Waals surface area contributed by atoms with E-state index in [1.165, 1.54) is 17.4 Å². The van der Waals surface area contributed by atoms with Crippen LogP contribution in [0.15, 0.2) is 35.0 Å². The number of aryl methyl sites for hydroxylation is 2. The topological polar surface area (TPSA) is 87.9 Å². The zero-order valence-corrected chi connectivity index (χ0v) is 16.5. The summed E-state index contributed by atoms with van der Waals surface area (Å²) in [6, 6.07) is 6.11. The number of imidazole rings is 1. The fraction of sp³-hybridized carbons (Fsp3) is 0.300. The number of carbonyl (C=O) groups is 1. The molecule has 1 N–H and O–H groups in total. The van der Waals surface area contributed by atoms with Gasteiger partial charge in [-0.25, -0.2) is 9.37 Å². The van der Waals surface area contributed by atoms with Crippen LogP contribution in [0, 0.1) is 12.7 Å². The summed E-state index contributed by atoms with van der Waals surface area (Å²) in [6.07, 6.45) is 3.16. The second-order valence-electron chi connectivity index (χ2n) is 7.03. The first-order chi connectivity index (χ1) is 14.1. The molecule has 5 rings (SSSR count). The highest BCUT2D eigenvalue weighted by Crippen LogP contribution is 2.37. The van der Waals surface area contributed by atoms with Crippen LogP contribution in [0.2, 0.25) is 0 Å². The Morgan fingerprint density at radius 3 is 3.10 bits per heavy atom. The van der Waals surface area contributed by atoms with Crippen molar-refractivity contribution < 1.29 is 13.6 Å². The lowest BCUT2D eigenvalue weighted by molar-refractivity contribution is -0.133. The lowest BCUT2D eigenvalue weighted by Crippen LogP contribution is -2.40. The number of aromatic nitrogens is 4. The van der Waals surface area contributed by atoms with Crippen LogP contribution in [0.5, 0.6) is 0 Å². The SMILES string of the molecule is Cc1nnc(CCC(=O)N2CCc3[nH]cnc3[C@H]2c2cc3cccc(F)c3o2)s1. The van der Waals surface area contributed by atoms with Gasteiger partial charge < -0.3 is 14.3 Å². The zero-order chi connectivity index (χ0) is 20.0. The number of halogens is 1. The number of furan rings is 1. The van der Waals surface area contributed by atoms with Crippen LogP contribution in [0.3, 0.4) is 0 Å². The summed E-state index contributed by atoms with van der Waals surface area (Å²) in [5, 5.41) is 10.5. The molecule has 0 unspecified atom stereocenters. The summed E-state index contributed by atoms with van der Waals surface area (Å²) in [4.78, 5) is 22.5. The van der Waals surface area contributed by atoms with E-state index in [0.29, 0.717) is 37.0 Å². The number of hydrogen-bond acceptors (Lipinski definition) is 6. The number of nitrogens with zero attached hydrogens (tertiary/aromatic N) is 4. The molecule has 148 valence electrons. The molecule has 1 amide bonds. The van der Waals surface area contributed by atoms with Crippen molar-refractivity contribution >= 4 is 28.2 Å². The number of H-pyrrole nitrogens is 1. The van der Waals surface area contributed by atoms with E-state index in [1.54, 1.807) is 29.4 Å². The van der Waals surface area contributed by atoms with Gasteiger partial charge in [0, 0.05) is 36.9 Å². The number of fused-ring (bicyclic) bond motifs is 2. The fourth-order valence-electron chi connectivity index (χ4n) is 3.81. The molecule has 1 aromatic carbocycles. The van der Waals surface area contributed by atoms with Gasteiger partial charge in [0.2, 0.25) is 5.91 Å². The summed E-state index contributed by atoms with van der Waals surface area (Å²) in [7, 11) is 0. The Bertz CT molecular complexity index is 1200. The minimum atomic E-state index is -0.486. The van der Waals surface area contributed by atoms with Crippen molar-refractivity contribution in [3.63, 3.8) is 0 Å². The first kappa shape index (κ1) is 18.0. The molecule has 0 radical (unpaired) electrons. The molecule has 9 heteroatoms. The molecule has 0 fully saturated rings. The van der Waals surface area contributed by atoms with Gasteiger partial charge in [-0.1, -0.05) is 12.1 Å². The Labute approximate surface area is 169 Å². The van der Waals surface area contributed by atoms with Gasteiger partial charge in [0.05, 0.1) is 12.0 Å². The summed E-state index contributed by atoms with van der Waals surface area (Å²) < 4.78 is 20.0. The van der Waals surface area contributed by atoms with Gasteiger partial charge in [-0.15, -0.1) is 21.5 Å². The molecule has 0 bridgehead atoms. The van der Waals surface area contributed by atoms with Gasteiger partial charge >= 0.3 is 0 Å². The maximum Gasteiger partial charge on any atom is 0.223 e. The Balaban J connectivity index is 1.48. The molecule has 0 saturated heterocycles. The lowest BCUT2D eigenvalue weighted by atomic mass is 9.99. The summed E-state index contributed by atoms with van der Waals surface area (Å²) in [5.74, 6) is 0.0759. The van der Waals surface area contributed by atoms with Gasteiger partial charge in [-0.2, -0.15) is 0 Å². The van der Waals surface area contributed by atoms with E-state index < -0.39 is 11.9 Å². The standard InChI is InChI=1S/C20H18FN5O2S/c1-11-24-25-16(29-11)5-6-17(27)26-8-7-14-18(23-10-22-14)19(26)15-9-12-3-2-4-13(21)20(12)28-15/h2-4,9-10,19H,5-8H2,1H3,(H,22,23)/t19-/m1/s1. The quantitative estimate of drug-likeness (QED) is 0.555. The first-order valence-electron chi connectivity index (χ1n) is 9.38. The van der Waals surface area contributed by atoms with Crippen molar-refractivity contribution in [1.82, 2.24) is 25.1 Å². The molecular weight excluding hydrogens is 393 g/mol. The van der Waals surface area contributed by atoms with E-state index in [0.717, 1.165) is 21.4 Å². The number of para-hydroxylation sites is 1. The molecule has 0 aliphatic carbocycles. The van der Waals surface area contributed by atoms with E-state index >= 15 is 0 Å². The predicted molar refractivity (Wildman–Crippen MR) is 105 cm³/mol. The summed E-state index contributed by atoms with van der Waals surface area (Å²) >= 11 is 1.50. The number of carbonyl (C=O) groups excluding carboxylic acids is 1. The van der Waals surface area contributed by atoms with Crippen molar-refractivity contribution in [2.24, 2.45) is 0 Å². The van der Waals surface area contributed by atoms with Crippen LogP contribution in [-0.2, 0) is 17.6 Å². The lowest BCUT2D eigenvalue weighted by Gasteiger charge is -2.33. The molecule has 4 heterocycles. The van der Waals surface area contributed by atoms with E-state index in [-0.39, 0.29) is 11.5 Å². The number of rotatable bonds is 4. The van der Waals surface area contributed by atoms with E-state index in [1.807, 2.05) is 6.92 Å². The Kier molecular flexibility index (Phi) is 4.39. The van der Waals surface area contributed by atoms with Gasteiger partial charge in [-0.05, 0) is 19.1 Å². The van der Waals surface area contributed by atoms with Crippen LogP contribution in [-0.4, -0.2) is 37.5 Å². The van der Waals surface area contributed by atoms with Crippen molar-refractivity contribution in [1.29, 1.82) is 0 Å². The third-order valence-corrected chi connectivity index (χ3v) is 6.05. The third-order valence-electron chi connectivity index (χ3n) is 5.15. The molecule has 4 aromatic rings. The first-order valence-corrected chi connectivity index (χ1v) is 10.2. The highest BCUT2D eigenvalue weighted by molar-refractivity contribution is 7.11. The fourth-order valence-corrected chi connectivity index (χ4v) is 4.52. The molecule has 3 aromatic heterocycles. The maximum absolute atomic E-state index is 14.2. The van der Waals surface area contributed by atoms with Crippen LogP contribution in [0.1, 0.15) is 39.6 Å². The number of aromatic amines is 1. The molecule has 0 spiro atoms. The minimum Gasteiger partial charge on any atom is -0.455 e. The van der Waals surface area contributed by atoms with Crippen LogP contribution in [0.25, 0.3) is 11.0 Å². The van der Waals surface area contributed by atoms with Crippen molar-refractivity contribution in [2.75, 3.05) is 6.54 Å². The summed E-state index contributed by atoms with van der Waals surface area (Å²) in [6.45, 7) is 2.43. The van der Waals surface area contributed by atoms with E-state index in [4.69, 9.17) is 4.42 Å².